The van der Waals surface area contributed by atoms with Crippen LogP contribution in [-0.2, 0) is 5.41 Å². The highest BCUT2D eigenvalue weighted by Crippen LogP contribution is 2.67. The summed E-state index contributed by atoms with van der Waals surface area (Å²) in [6.07, 6.45) is 0. The van der Waals surface area contributed by atoms with Gasteiger partial charge in [-0.05, 0) is 117 Å². The van der Waals surface area contributed by atoms with E-state index in [1.165, 1.54) is 88.0 Å². The minimum atomic E-state index is -0.538. The molecule has 0 saturated carbocycles. The third-order valence-electron chi connectivity index (χ3n) is 14.5. The summed E-state index contributed by atoms with van der Waals surface area (Å²) < 4.78 is 0. The van der Waals surface area contributed by atoms with E-state index in [2.05, 4.69) is 224 Å². The second-order valence-electron chi connectivity index (χ2n) is 17.9. The number of nitrogens with zero attached hydrogens (tertiary/aromatic N) is 2. The van der Waals surface area contributed by atoms with Gasteiger partial charge < -0.3 is 0 Å². The summed E-state index contributed by atoms with van der Waals surface area (Å²) in [7, 11) is 0. The van der Waals surface area contributed by atoms with Gasteiger partial charge in [0.05, 0.1) is 16.8 Å². The molecule has 2 heteroatoms. The van der Waals surface area contributed by atoms with E-state index in [0.29, 0.717) is 5.82 Å². The zero-order valence-corrected chi connectivity index (χ0v) is 36.5. The molecule has 1 aromatic heterocycles. The molecule has 0 bridgehead atoms. The molecule has 1 spiro atoms. The number of aromatic nitrogens is 2. The highest BCUT2D eigenvalue weighted by Gasteiger charge is 2.53. The third-order valence-corrected chi connectivity index (χ3v) is 14.5. The second-order valence-corrected chi connectivity index (χ2v) is 17.9. The predicted octanol–water partition coefficient (Wildman–Crippen LogP) is 16.6. The normalized spacial score (nSPS) is 12.9. The Hall–Kier alpha value is -8.72. The SMILES string of the molecule is c1ccc(-c2cccc(-c3cc(-c4ccc(-c5cc6c(c7ccccc57)-c5c(c7ccccc7c7ccccc57)C65c6ccccc6-c6ccccc65)cc4)nc(-c4ccccc4)n3)c2)cc1. The van der Waals surface area contributed by atoms with Gasteiger partial charge in [-0.2, -0.15) is 0 Å². The molecule has 0 aliphatic heterocycles. The van der Waals surface area contributed by atoms with E-state index >= 15 is 0 Å². The molecule has 67 heavy (non-hydrogen) atoms. The lowest BCUT2D eigenvalue weighted by atomic mass is 9.68. The molecule has 2 aliphatic rings. The number of benzene rings is 11. The highest BCUT2D eigenvalue weighted by molar-refractivity contribution is 6.24. The van der Waals surface area contributed by atoms with E-state index in [0.717, 1.165) is 39.2 Å². The summed E-state index contributed by atoms with van der Waals surface area (Å²) in [5.41, 5.74) is 19.7. The maximum Gasteiger partial charge on any atom is 0.160 e. The summed E-state index contributed by atoms with van der Waals surface area (Å²) in [6, 6.07) is 88.7. The van der Waals surface area contributed by atoms with Crippen molar-refractivity contribution >= 4 is 32.3 Å². The van der Waals surface area contributed by atoms with Crippen LogP contribution >= 0.6 is 0 Å². The van der Waals surface area contributed by atoms with E-state index in [4.69, 9.17) is 9.97 Å². The molecule has 12 aromatic rings. The smallest absolute Gasteiger partial charge is 0.160 e. The van der Waals surface area contributed by atoms with Gasteiger partial charge >= 0.3 is 0 Å². The maximum atomic E-state index is 5.23. The Morgan fingerprint density at radius 2 is 0.731 bits per heavy atom. The molecule has 1 heterocycles. The van der Waals surface area contributed by atoms with Crippen LogP contribution < -0.4 is 0 Å². The summed E-state index contributed by atoms with van der Waals surface area (Å²) in [5.74, 6) is 0.703. The second kappa shape index (κ2) is 14.7. The topological polar surface area (TPSA) is 25.8 Å². The molecule has 2 aliphatic carbocycles. The first-order chi connectivity index (χ1) is 33.2. The van der Waals surface area contributed by atoms with Gasteiger partial charge in [0.2, 0.25) is 0 Å². The first kappa shape index (κ1) is 37.6. The Labute approximate surface area is 389 Å². The summed E-state index contributed by atoms with van der Waals surface area (Å²) >= 11 is 0. The van der Waals surface area contributed by atoms with E-state index in [-0.39, 0.29) is 0 Å². The summed E-state index contributed by atoms with van der Waals surface area (Å²) in [4.78, 5) is 10.4. The zero-order chi connectivity index (χ0) is 44.1. The number of hydrogen-bond donors (Lipinski definition) is 0. The molecular weight excluding hydrogens is 809 g/mol. The number of hydrogen-bond acceptors (Lipinski definition) is 2. The van der Waals surface area contributed by atoms with Gasteiger partial charge in [0.25, 0.3) is 0 Å². The Morgan fingerprint density at radius 1 is 0.254 bits per heavy atom. The first-order valence-electron chi connectivity index (χ1n) is 23.1. The van der Waals surface area contributed by atoms with Gasteiger partial charge in [-0.25, -0.2) is 9.97 Å². The summed E-state index contributed by atoms with van der Waals surface area (Å²) in [5, 5.41) is 7.69. The lowest BCUT2D eigenvalue weighted by Gasteiger charge is -2.32. The highest BCUT2D eigenvalue weighted by atomic mass is 14.9. The van der Waals surface area contributed by atoms with E-state index in [1.807, 2.05) is 18.2 Å². The van der Waals surface area contributed by atoms with Crippen LogP contribution in [0.3, 0.4) is 0 Å². The quantitative estimate of drug-likeness (QED) is 0.161. The maximum absolute atomic E-state index is 5.23. The molecule has 0 radical (unpaired) electrons. The fourth-order valence-electron chi connectivity index (χ4n) is 11.7. The standard InChI is InChI=1S/C65H40N2/c1-3-18-41(19-4-1)45-22-17-23-46(38-45)60-40-59(66-64(67-60)44-20-5-2-6-21-44)43-36-34-42(35-37-43)55-39-58-61(52-29-10-8-26-49(52)55)62-53-30-11-7-24-47(53)48-25-9-12-31-54(48)63(62)65(58)56-32-15-13-27-50(56)51-28-14-16-33-57(51)65/h1-40H. The van der Waals surface area contributed by atoms with Crippen molar-refractivity contribution in [3.63, 3.8) is 0 Å². The van der Waals surface area contributed by atoms with Crippen molar-refractivity contribution in [3.8, 4) is 78.4 Å². The molecule has 0 saturated heterocycles. The minimum Gasteiger partial charge on any atom is -0.228 e. The third kappa shape index (κ3) is 5.51. The lowest BCUT2D eigenvalue weighted by Crippen LogP contribution is -2.26. The van der Waals surface area contributed by atoms with Crippen molar-refractivity contribution in [2.24, 2.45) is 0 Å². The fraction of sp³-hybridized carbons (Fsp3) is 0.0154. The molecule has 0 fully saturated rings. The van der Waals surface area contributed by atoms with Gasteiger partial charge in [0.15, 0.2) is 5.82 Å². The lowest BCUT2D eigenvalue weighted by molar-refractivity contribution is 0.803. The van der Waals surface area contributed by atoms with Crippen LogP contribution in [0.5, 0.6) is 0 Å². The van der Waals surface area contributed by atoms with Crippen molar-refractivity contribution in [2.45, 2.75) is 5.41 Å². The molecule has 310 valence electrons. The number of rotatable bonds is 5. The van der Waals surface area contributed by atoms with Crippen LogP contribution in [0.25, 0.3) is 111 Å². The molecule has 0 unspecified atom stereocenters. The van der Waals surface area contributed by atoms with Crippen LogP contribution in [0.15, 0.2) is 243 Å². The van der Waals surface area contributed by atoms with Gasteiger partial charge in [0, 0.05) is 16.7 Å². The van der Waals surface area contributed by atoms with Crippen LogP contribution in [0.2, 0.25) is 0 Å². The van der Waals surface area contributed by atoms with E-state index in [9.17, 15) is 0 Å². The Bertz CT molecular complexity index is 3920. The number of fused-ring (bicyclic) bond motifs is 17. The van der Waals surface area contributed by atoms with Crippen molar-refractivity contribution in [2.75, 3.05) is 0 Å². The van der Waals surface area contributed by atoms with E-state index in [1.54, 1.807) is 0 Å². The van der Waals surface area contributed by atoms with Gasteiger partial charge in [-0.3, -0.25) is 0 Å². The molecule has 0 amide bonds. The minimum absolute atomic E-state index is 0.538. The van der Waals surface area contributed by atoms with Gasteiger partial charge in [-0.15, -0.1) is 0 Å². The largest absolute Gasteiger partial charge is 0.228 e. The Kier molecular flexibility index (Phi) is 8.23. The van der Waals surface area contributed by atoms with Crippen molar-refractivity contribution < 1.29 is 0 Å². The average molecular weight is 849 g/mol. The monoisotopic (exact) mass is 848 g/mol. The van der Waals surface area contributed by atoms with Crippen LogP contribution in [0.1, 0.15) is 22.3 Å². The Morgan fingerprint density at radius 3 is 1.40 bits per heavy atom. The molecule has 11 aromatic carbocycles. The molecule has 14 rings (SSSR count). The summed E-state index contributed by atoms with van der Waals surface area (Å²) in [6.45, 7) is 0. The Balaban J connectivity index is 0.994. The zero-order valence-electron chi connectivity index (χ0n) is 36.5. The predicted molar refractivity (Wildman–Crippen MR) is 278 cm³/mol. The van der Waals surface area contributed by atoms with Gasteiger partial charge in [-0.1, -0.05) is 224 Å². The van der Waals surface area contributed by atoms with Gasteiger partial charge in [0.1, 0.15) is 0 Å². The molecule has 0 atom stereocenters. The fourth-order valence-corrected chi connectivity index (χ4v) is 11.7. The molecule has 0 N–H and O–H groups in total. The average Bonchev–Trinajstić information content (AvgIpc) is 3.89. The first-order valence-corrected chi connectivity index (χ1v) is 23.1. The molecular formula is C65H40N2. The van der Waals surface area contributed by atoms with Crippen LogP contribution in [0, 0.1) is 0 Å². The van der Waals surface area contributed by atoms with Crippen molar-refractivity contribution in [1.82, 2.24) is 9.97 Å². The van der Waals surface area contributed by atoms with Crippen molar-refractivity contribution in [1.29, 1.82) is 0 Å². The van der Waals surface area contributed by atoms with Crippen LogP contribution in [-0.4, -0.2) is 9.97 Å². The molecule has 2 nitrogen and oxygen atoms in total. The van der Waals surface area contributed by atoms with E-state index < -0.39 is 5.41 Å². The van der Waals surface area contributed by atoms with Crippen molar-refractivity contribution in [3.05, 3.63) is 265 Å². The van der Waals surface area contributed by atoms with Crippen LogP contribution in [0.4, 0.5) is 0 Å².